The van der Waals surface area contributed by atoms with E-state index < -0.39 is 11.6 Å². The predicted octanol–water partition coefficient (Wildman–Crippen LogP) is 2.61. The van der Waals surface area contributed by atoms with Gasteiger partial charge in [-0.25, -0.2) is 8.78 Å². The molecule has 0 N–H and O–H groups in total. The normalized spacial score (nSPS) is 10.6. The lowest BCUT2D eigenvalue weighted by Gasteiger charge is -2.01. The van der Waals surface area contributed by atoms with Crippen molar-refractivity contribution < 1.29 is 13.6 Å². The van der Waals surface area contributed by atoms with Gasteiger partial charge in [-0.2, -0.15) is 5.10 Å². The van der Waals surface area contributed by atoms with Crippen LogP contribution in [-0.4, -0.2) is 15.6 Å². The number of nitrogens with zero attached hydrogens (tertiary/aromatic N) is 2. The Balaban J connectivity index is 2.16. The molecule has 1 aromatic heterocycles. The van der Waals surface area contributed by atoms with Crippen LogP contribution in [0.2, 0.25) is 0 Å². The minimum atomic E-state index is -0.703. The van der Waals surface area contributed by atoms with E-state index in [1.165, 1.54) is 12.3 Å². The van der Waals surface area contributed by atoms with Crippen molar-refractivity contribution in [2.24, 2.45) is 0 Å². The number of halogens is 2. The van der Waals surface area contributed by atoms with Gasteiger partial charge in [0.25, 0.3) is 0 Å². The summed E-state index contributed by atoms with van der Waals surface area (Å²) in [7, 11) is 0. The quantitative estimate of drug-likeness (QED) is 0.782. The molecule has 0 radical (unpaired) electrons. The number of carbonyl (C=O) groups is 1. The Kier molecular flexibility index (Phi) is 3.50. The lowest BCUT2D eigenvalue weighted by molar-refractivity contribution is 0.0991. The van der Waals surface area contributed by atoms with Crippen molar-refractivity contribution >= 4 is 5.78 Å². The van der Waals surface area contributed by atoms with Crippen LogP contribution in [0.15, 0.2) is 30.6 Å². The van der Waals surface area contributed by atoms with Crippen LogP contribution in [0.5, 0.6) is 0 Å². The summed E-state index contributed by atoms with van der Waals surface area (Å²) in [4.78, 5) is 11.9. The Morgan fingerprint density at radius 2 is 2.17 bits per heavy atom. The van der Waals surface area contributed by atoms with Crippen molar-refractivity contribution in [3.63, 3.8) is 0 Å². The van der Waals surface area contributed by atoms with E-state index in [2.05, 4.69) is 5.10 Å². The van der Waals surface area contributed by atoms with E-state index in [1.807, 2.05) is 6.92 Å². The Bertz CT molecular complexity index is 578. The van der Waals surface area contributed by atoms with Gasteiger partial charge in [-0.15, -0.1) is 0 Å². The highest BCUT2D eigenvalue weighted by Crippen LogP contribution is 2.13. The molecule has 0 aliphatic heterocycles. The van der Waals surface area contributed by atoms with Crippen LogP contribution in [0.3, 0.4) is 0 Å². The van der Waals surface area contributed by atoms with Gasteiger partial charge in [0.05, 0.1) is 11.8 Å². The number of hydrogen-bond acceptors (Lipinski definition) is 2. The first-order chi connectivity index (χ1) is 8.60. The first-order valence-corrected chi connectivity index (χ1v) is 5.59. The van der Waals surface area contributed by atoms with Crippen LogP contribution in [0.1, 0.15) is 22.8 Å². The number of benzene rings is 1. The number of hydrogen-bond donors (Lipinski definition) is 0. The SMILES string of the molecule is CCn1cc(C(=O)Cc2ccc(F)cc2F)cn1. The van der Waals surface area contributed by atoms with E-state index >= 15 is 0 Å². The van der Waals surface area contributed by atoms with E-state index in [0.29, 0.717) is 12.1 Å². The van der Waals surface area contributed by atoms with Gasteiger partial charge in [0, 0.05) is 25.2 Å². The first kappa shape index (κ1) is 12.4. The maximum absolute atomic E-state index is 13.4. The summed E-state index contributed by atoms with van der Waals surface area (Å²) in [5.74, 6) is -1.59. The minimum absolute atomic E-state index is 0.0957. The maximum Gasteiger partial charge on any atom is 0.170 e. The van der Waals surface area contributed by atoms with Gasteiger partial charge < -0.3 is 0 Å². The van der Waals surface area contributed by atoms with Gasteiger partial charge in [-0.05, 0) is 18.6 Å². The molecule has 0 atom stereocenters. The summed E-state index contributed by atoms with van der Waals surface area (Å²) in [6.07, 6.45) is 2.97. The van der Waals surface area contributed by atoms with Gasteiger partial charge in [0.1, 0.15) is 11.6 Å². The Hall–Kier alpha value is -2.04. The van der Waals surface area contributed by atoms with Crippen LogP contribution < -0.4 is 0 Å². The highest BCUT2D eigenvalue weighted by molar-refractivity contribution is 5.97. The monoisotopic (exact) mass is 250 g/mol. The molecule has 0 saturated carbocycles. The molecular formula is C13H12F2N2O. The van der Waals surface area contributed by atoms with Crippen LogP contribution in [-0.2, 0) is 13.0 Å². The predicted molar refractivity (Wildman–Crippen MR) is 62.3 cm³/mol. The molecular weight excluding hydrogens is 238 g/mol. The summed E-state index contributed by atoms with van der Waals surface area (Å²) >= 11 is 0. The van der Waals surface area contributed by atoms with Crippen LogP contribution in [0.4, 0.5) is 8.78 Å². The summed E-state index contributed by atoms with van der Waals surface area (Å²) in [5.41, 5.74) is 0.617. The van der Waals surface area contributed by atoms with Gasteiger partial charge in [-0.3, -0.25) is 9.48 Å². The average Bonchev–Trinajstić information content (AvgIpc) is 2.81. The molecule has 1 heterocycles. The molecule has 18 heavy (non-hydrogen) atoms. The minimum Gasteiger partial charge on any atom is -0.294 e. The molecule has 0 aliphatic rings. The second-order valence-electron chi connectivity index (χ2n) is 3.92. The van der Waals surface area contributed by atoms with Crippen LogP contribution >= 0.6 is 0 Å². The first-order valence-electron chi connectivity index (χ1n) is 5.59. The zero-order valence-corrected chi connectivity index (χ0v) is 9.86. The maximum atomic E-state index is 13.4. The third-order valence-corrected chi connectivity index (χ3v) is 2.65. The summed E-state index contributed by atoms with van der Waals surface area (Å²) in [5, 5.41) is 3.98. The Morgan fingerprint density at radius 3 is 2.78 bits per heavy atom. The Labute approximate surface area is 103 Å². The molecule has 0 saturated heterocycles. The summed E-state index contributed by atoms with van der Waals surface area (Å²) in [6.45, 7) is 2.57. The molecule has 1 aromatic carbocycles. The molecule has 2 aromatic rings. The fourth-order valence-electron chi connectivity index (χ4n) is 1.62. The van der Waals surface area contributed by atoms with Crippen molar-refractivity contribution in [2.45, 2.75) is 19.9 Å². The van der Waals surface area contributed by atoms with Crippen molar-refractivity contribution in [3.05, 3.63) is 53.4 Å². The van der Waals surface area contributed by atoms with Gasteiger partial charge in [-0.1, -0.05) is 6.07 Å². The average molecular weight is 250 g/mol. The van der Waals surface area contributed by atoms with E-state index in [4.69, 9.17) is 0 Å². The second-order valence-corrected chi connectivity index (χ2v) is 3.92. The lowest BCUT2D eigenvalue weighted by Crippen LogP contribution is -2.04. The molecule has 0 aliphatic carbocycles. The third-order valence-electron chi connectivity index (χ3n) is 2.65. The number of Topliss-reactive ketones (excluding diaryl/α,β-unsaturated/α-hetero) is 1. The van der Waals surface area contributed by atoms with Gasteiger partial charge in [0.2, 0.25) is 0 Å². The molecule has 3 nitrogen and oxygen atoms in total. The number of aromatic nitrogens is 2. The van der Waals surface area contributed by atoms with E-state index in [9.17, 15) is 13.6 Å². The van der Waals surface area contributed by atoms with Crippen LogP contribution in [0.25, 0.3) is 0 Å². The fraction of sp³-hybridized carbons (Fsp3) is 0.231. The fourth-order valence-corrected chi connectivity index (χ4v) is 1.62. The number of carbonyl (C=O) groups excluding carboxylic acids is 1. The molecule has 0 fully saturated rings. The van der Waals surface area contributed by atoms with Crippen molar-refractivity contribution in [1.29, 1.82) is 0 Å². The summed E-state index contributed by atoms with van der Waals surface area (Å²) in [6, 6.07) is 3.20. The molecule has 0 amide bonds. The second kappa shape index (κ2) is 5.08. The molecule has 0 bridgehead atoms. The highest BCUT2D eigenvalue weighted by Gasteiger charge is 2.12. The lowest BCUT2D eigenvalue weighted by atomic mass is 10.1. The number of ketones is 1. The van der Waals surface area contributed by atoms with Crippen LogP contribution in [0, 0.1) is 11.6 Å². The zero-order chi connectivity index (χ0) is 13.1. The van der Waals surface area contributed by atoms with Crippen molar-refractivity contribution in [2.75, 3.05) is 0 Å². The highest BCUT2D eigenvalue weighted by atomic mass is 19.1. The topological polar surface area (TPSA) is 34.9 Å². The molecule has 94 valence electrons. The molecule has 0 unspecified atom stereocenters. The smallest absolute Gasteiger partial charge is 0.170 e. The van der Waals surface area contributed by atoms with Gasteiger partial charge >= 0.3 is 0 Å². The van der Waals surface area contributed by atoms with Crippen molar-refractivity contribution in [3.8, 4) is 0 Å². The third kappa shape index (κ3) is 2.61. The van der Waals surface area contributed by atoms with Crippen molar-refractivity contribution in [1.82, 2.24) is 9.78 Å². The van der Waals surface area contributed by atoms with E-state index in [1.54, 1.807) is 10.9 Å². The zero-order valence-electron chi connectivity index (χ0n) is 9.86. The summed E-state index contributed by atoms with van der Waals surface area (Å²) < 4.78 is 27.7. The van der Waals surface area contributed by atoms with Gasteiger partial charge in [0.15, 0.2) is 5.78 Å². The molecule has 2 rings (SSSR count). The number of aryl methyl sites for hydroxylation is 1. The number of rotatable bonds is 4. The standard InChI is InChI=1S/C13H12F2N2O/c1-2-17-8-10(7-16-17)13(18)5-9-3-4-11(14)6-12(9)15/h3-4,6-8H,2,5H2,1H3. The largest absolute Gasteiger partial charge is 0.294 e. The van der Waals surface area contributed by atoms with E-state index in [-0.39, 0.29) is 17.8 Å². The molecule has 0 spiro atoms. The van der Waals surface area contributed by atoms with E-state index in [0.717, 1.165) is 12.1 Å². The molecule has 5 heteroatoms. The Morgan fingerprint density at radius 1 is 1.39 bits per heavy atom.